The molecule has 146 valence electrons. The van der Waals surface area contributed by atoms with Crippen LogP contribution in [0.5, 0.6) is 5.75 Å². The third kappa shape index (κ3) is 3.75. The first-order valence-electron chi connectivity index (χ1n) is 7.58. The maximum Gasteiger partial charge on any atom is 0.432 e. The lowest BCUT2D eigenvalue weighted by Gasteiger charge is -2.20. The SMILES string of the molecule is Cc1cnc(-c2cc(F)c(C(F)(F)Oc3cc(F)c(F)c(F)c3)c(F)c2)nc1. The van der Waals surface area contributed by atoms with Crippen LogP contribution >= 0.6 is 0 Å². The minimum atomic E-state index is -4.66. The van der Waals surface area contributed by atoms with Gasteiger partial charge >= 0.3 is 6.11 Å². The number of aryl methyl sites for hydroxylation is 1. The normalized spacial score (nSPS) is 11.6. The third-order valence-electron chi connectivity index (χ3n) is 3.58. The van der Waals surface area contributed by atoms with Crippen LogP contribution in [0.25, 0.3) is 11.4 Å². The number of nitrogens with zero attached hydrogens (tertiary/aromatic N) is 2. The van der Waals surface area contributed by atoms with E-state index in [-0.39, 0.29) is 23.5 Å². The number of hydrogen-bond donors (Lipinski definition) is 0. The van der Waals surface area contributed by atoms with Gasteiger partial charge in [0.15, 0.2) is 23.3 Å². The van der Waals surface area contributed by atoms with Gasteiger partial charge in [-0.15, -0.1) is 0 Å². The van der Waals surface area contributed by atoms with Gasteiger partial charge in [-0.3, -0.25) is 0 Å². The molecule has 3 aromatic rings. The lowest BCUT2D eigenvalue weighted by Crippen LogP contribution is -2.25. The van der Waals surface area contributed by atoms with E-state index in [2.05, 4.69) is 14.7 Å². The molecule has 0 amide bonds. The fourth-order valence-electron chi connectivity index (χ4n) is 2.31. The van der Waals surface area contributed by atoms with Gasteiger partial charge in [-0.05, 0) is 24.6 Å². The van der Waals surface area contributed by atoms with Gasteiger partial charge in [0.25, 0.3) is 0 Å². The Bertz CT molecular complexity index is 993. The number of aromatic nitrogens is 2. The summed E-state index contributed by atoms with van der Waals surface area (Å²) in [5.41, 5.74) is -1.35. The molecule has 2 aromatic carbocycles. The van der Waals surface area contributed by atoms with E-state index < -0.39 is 46.5 Å². The summed E-state index contributed by atoms with van der Waals surface area (Å²) in [5.74, 6) is -10.2. The van der Waals surface area contributed by atoms with E-state index in [4.69, 9.17) is 0 Å². The predicted molar refractivity (Wildman–Crippen MR) is 83.0 cm³/mol. The van der Waals surface area contributed by atoms with Gasteiger partial charge in [0.05, 0.1) is 0 Å². The van der Waals surface area contributed by atoms with Crippen LogP contribution in [0.1, 0.15) is 11.1 Å². The Hall–Kier alpha value is -3.17. The molecule has 0 saturated heterocycles. The lowest BCUT2D eigenvalue weighted by atomic mass is 10.1. The Morgan fingerprint density at radius 2 is 1.29 bits per heavy atom. The van der Waals surface area contributed by atoms with Crippen molar-refractivity contribution in [3.63, 3.8) is 0 Å². The molecule has 28 heavy (non-hydrogen) atoms. The average molecular weight is 402 g/mol. The molecule has 0 N–H and O–H groups in total. The van der Waals surface area contributed by atoms with Crippen LogP contribution in [-0.4, -0.2) is 9.97 Å². The summed E-state index contributed by atoms with van der Waals surface area (Å²) in [6.07, 6.45) is -1.93. The van der Waals surface area contributed by atoms with E-state index in [0.717, 1.165) is 0 Å². The molecular formula is C18H9F7N2O. The monoisotopic (exact) mass is 402 g/mol. The maximum absolute atomic E-state index is 14.2. The maximum atomic E-state index is 14.2. The fourth-order valence-corrected chi connectivity index (χ4v) is 2.31. The van der Waals surface area contributed by atoms with E-state index in [9.17, 15) is 30.7 Å². The topological polar surface area (TPSA) is 35.0 Å². The largest absolute Gasteiger partial charge is 0.432 e. The predicted octanol–water partition coefficient (Wildman–Crippen LogP) is 5.28. The number of halogens is 7. The molecule has 10 heteroatoms. The molecule has 0 fully saturated rings. The number of hydrogen-bond acceptors (Lipinski definition) is 3. The molecule has 1 aromatic heterocycles. The van der Waals surface area contributed by atoms with Crippen LogP contribution < -0.4 is 4.74 Å². The number of alkyl halides is 2. The van der Waals surface area contributed by atoms with Gasteiger partial charge in [-0.25, -0.2) is 31.9 Å². The minimum Gasteiger partial charge on any atom is -0.429 e. The van der Waals surface area contributed by atoms with E-state index in [0.29, 0.717) is 17.7 Å². The molecule has 0 aliphatic carbocycles. The first-order valence-corrected chi connectivity index (χ1v) is 7.58. The summed E-state index contributed by atoms with van der Waals surface area (Å²) >= 11 is 0. The summed E-state index contributed by atoms with van der Waals surface area (Å²) in [7, 11) is 0. The molecule has 0 aliphatic heterocycles. The van der Waals surface area contributed by atoms with Crippen molar-refractivity contribution in [3.05, 3.63) is 76.9 Å². The quantitative estimate of drug-likeness (QED) is 0.440. The van der Waals surface area contributed by atoms with Crippen molar-refractivity contribution in [2.75, 3.05) is 0 Å². The second kappa shape index (κ2) is 7.10. The molecule has 0 aliphatic rings. The van der Waals surface area contributed by atoms with Crippen molar-refractivity contribution in [2.24, 2.45) is 0 Å². The highest BCUT2D eigenvalue weighted by Crippen LogP contribution is 2.37. The van der Waals surface area contributed by atoms with Crippen LogP contribution in [0.3, 0.4) is 0 Å². The van der Waals surface area contributed by atoms with Gasteiger partial charge < -0.3 is 4.74 Å². The smallest absolute Gasteiger partial charge is 0.429 e. The molecule has 0 spiro atoms. The van der Waals surface area contributed by atoms with E-state index in [1.807, 2.05) is 0 Å². The zero-order valence-corrected chi connectivity index (χ0v) is 13.9. The number of rotatable bonds is 4. The van der Waals surface area contributed by atoms with Crippen molar-refractivity contribution in [1.82, 2.24) is 9.97 Å². The van der Waals surface area contributed by atoms with E-state index in [1.165, 1.54) is 12.4 Å². The van der Waals surface area contributed by atoms with Crippen molar-refractivity contribution in [3.8, 4) is 17.1 Å². The van der Waals surface area contributed by atoms with Crippen molar-refractivity contribution < 1.29 is 35.5 Å². The molecule has 0 bridgehead atoms. The molecule has 0 saturated carbocycles. The standard InChI is InChI=1S/C18H9F7N2O/c1-8-6-26-17(27-7-8)9-2-11(19)15(12(20)3-9)18(24,25)28-10-4-13(21)16(23)14(22)5-10/h2-7H,1H3. The second-order valence-corrected chi connectivity index (χ2v) is 5.72. The van der Waals surface area contributed by atoms with Gasteiger partial charge in [0.1, 0.15) is 22.9 Å². The van der Waals surface area contributed by atoms with Crippen molar-refractivity contribution in [2.45, 2.75) is 13.0 Å². The van der Waals surface area contributed by atoms with Gasteiger partial charge in [-0.2, -0.15) is 8.78 Å². The van der Waals surface area contributed by atoms with Crippen LogP contribution in [0.2, 0.25) is 0 Å². The number of ether oxygens (including phenoxy) is 1. The first-order chi connectivity index (χ1) is 13.1. The van der Waals surface area contributed by atoms with Gasteiger partial charge in [0.2, 0.25) is 0 Å². The Kier molecular flexibility index (Phi) is 4.97. The summed E-state index contributed by atoms with van der Waals surface area (Å²) < 4.78 is 100. The summed E-state index contributed by atoms with van der Waals surface area (Å²) in [6, 6.07) is 1.37. The third-order valence-corrected chi connectivity index (χ3v) is 3.58. The molecule has 0 unspecified atom stereocenters. The molecule has 0 radical (unpaired) electrons. The minimum absolute atomic E-state index is 0.109. The van der Waals surface area contributed by atoms with Gasteiger partial charge in [0, 0.05) is 30.1 Å². The molecule has 0 atom stereocenters. The average Bonchev–Trinajstić information content (AvgIpc) is 2.59. The zero-order valence-electron chi connectivity index (χ0n) is 13.9. The molecule has 1 heterocycles. The Morgan fingerprint density at radius 1 is 0.786 bits per heavy atom. The Labute approximate surface area is 153 Å². The summed E-state index contributed by atoms with van der Waals surface area (Å²) in [4.78, 5) is 7.67. The van der Waals surface area contributed by atoms with Crippen LogP contribution in [0, 0.1) is 36.0 Å². The highest BCUT2D eigenvalue weighted by Gasteiger charge is 2.41. The van der Waals surface area contributed by atoms with Crippen LogP contribution in [0.15, 0.2) is 36.7 Å². The van der Waals surface area contributed by atoms with Crippen LogP contribution in [-0.2, 0) is 6.11 Å². The van der Waals surface area contributed by atoms with Crippen molar-refractivity contribution >= 4 is 0 Å². The fraction of sp³-hybridized carbons (Fsp3) is 0.111. The molecule has 3 nitrogen and oxygen atoms in total. The Balaban J connectivity index is 1.99. The summed E-state index contributed by atoms with van der Waals surface area (Å²) in [6.45, 7) is 1.67. The van der Waals surface area contributed by atoms with Crippen molar-refractivity contribution in [1.29, 1.82) is 0 Å². The number of benzene rings is 2. The molecular weight excluding hydrogens is 393 g/mol. The second-order valence-electron chi connectivity index (χ2n) is 5.72. The summed E-state index contributed by atoms with van der Waals surface area (Å²) in [5, 5.41) is 0. The lowest BCUT2D eigenvalue weighted by molar-refractivity contribution is -0.189. The van der Waals surface area contributed by atoms with E-state index >= 15 is 0 Å². The van der Waals surface area contributed by atoms with E-state index in [1.54, 1.807) is 6.92 Å². The highest BCUT2D eigenvalue weighted by molar-refractivity contribution is 5.56. The first kappa shape index (κ1) is 19.6. The molecule has 3 rings (SSSR count). The zero-order chi connectivity index (χ0) is 20.6. The van der Waals surface area contributed by atoms with Crippen LogP contribution in [0.4, 0.5) is 30.7 Å². The van der Waals surface area contributed by atoms with Gasteiger partial charge in [-0.1, -0.05) is 0 Å². The Morgan fingerprint density at radius 3 is 1.79 bits per heavy atom. The highest BCUT2D eigenvalue weighted by atomic mass is 19.3.